The molecule has 0 aromatic heterocycles. The van der Waals surface area contributed by atoms with Crippen LogP contribution in [0.3, 0.4) is 0 Å². The van der Waals surface area contributed by atoms with Crippen LogP contribution < -0.4 is 0 Å². The van der Waals surface area contributed by atoms with E-state index in [-0.39, 0.29) is 6.61 Å². The lowest BCUT2D eigenvalue weighted by Crippen LogP contribution is -2.28. The highest BCUT2D eigenvalue weighted by Crippen LogP contribution is 2.21. The third-order valence-electron chi connectivity index (χ3n) is 2.84. The fourth-order valence-electron chi connectivity index (χ4n) is 1.81. The van der Waals surface area contributed by atoms with Crippen molar-refractivity contribution in [2.24, 2.45) is 0 Å². The van der Waals surface area contributed by atoms with Gasteiger partial charge in [-0.1, -0.05) is 18.2 Å². The summed E-state index contributed by atoms with van der Waals surface area (Å²) in [6.07, 6.45) is -1.23. The lowest BCUT2D eigenvalue weighted by molar-refractivity contribution is -0.128. The monoisotopic (exact) mass is 252 g/mol. The van der Waals surface area contributed by atoms with Gasteiger partial charge < -0.3 is 19.3 Å². The van der Waals surface area contributed by atoms with Crippen LogP contribution in [0, 0.1) is 0 Å². The van der Waals surface area contributed by atoms with Crippen molar-refractivity contribution in [3.63, 3.8) is 0 Å². The number of carbonyl (C=O) groups is 1. The van der Waals surface area contributed by atoms with Crippen LogP contribution in [0.2, 0.25) is 0 Å². The maximum Gasteiger partial charge on any atom is 0.338 e. The van der Waals surface area contributed by atoms with Gasteiger partial charge >= 0.3 is 5.97 Å². The Bertz CT molecular complexity index is 392. The summed E-state index contributed by atoms with van der Waals surface area (Å²) in [5.41, 5.74) is 0.480. The predicted molar refractivity (Wildman–Crippen MR) is 63.0 cm³/mol. The van der Waals surface area contributed by atoms with Crippen molar-refractivity contribution in [3.8, 4) is 0 Å². The first kappa shape index (κ1) is 13.0. The largest absolute Gasteiger partial charge is 0.459 e. The SMILES string of the molecule is CO[C@@H]1C[C@H](O)[C@@H](COC(=O)c2ccccc2)O1. The zero-order valence-corrected chi connectivity index (χ0v) is 10.1. The lowest BCUT2D eigenvalue weighted by atomic mass is 10.2. The third kappa shape index (κ3) is 3.07. The Hall–Kier alpha value is -1.43. The Morgan fingerprint density at radius 2 is 2.17 bits per heavy atom. The first-order valence-corrected chi connectivity index (χ1v) is 5.79. The smallest absolute Gasteiger partial charge is 0.338 e. The van der Waals surface area contributed by atoms with E-state index in [2.05, 4.69) is 0 Å². The van der Waals surface area contributed by atoms with E-state index in [0.29, 0.717) is 12.0 Å². The summed E-state index contributed by atoms with van der Waals surface area (Å²) in [5, 5.41) is 9.68. The van der Waals surface area contributed by atoms with Gasteiger partial charge in [-0.2, -0.15) is 0 Å². The summed E-state index contributed by atoms with van der Waals surface area (Å²) in [5.74, 6) is -0.424. The molecular formula is C13H16O5. The molecule has 0 saturated carbocycles. The fraction of sp³-hybridized carbons (Fsp3) is 0.462. The normalized spacial score (nSPS) is 27.1. The van der Waals surface area contributed by atoms with Gasteiger partial charge in [0.15, 0.2) is 6.29 Å². The Morgan fingerprint density at radius 3 is 2.78 bits per heavy atom. The molecular weight excluding hydrogens is 236 g/mol. The van der Waals surface area contributed by atoms with Gasteiger partial charge in [-0.05, 0) is 12.1 Å². The number of aliphatic hydroxyl groups excluding tert-OH is 1. The minimum Gasteiger partial charge on any atom is -0.459 e. The molecule has 98 valence electrons. The molecule has 0 amide bonds. The van der Waals surface area contributed by atoms with Gasteiger partial charge in [-0.3, -0.25) is 0 Å². The number of rotatable bonds is 4. The Balaban J connectivity index is 1.83. The summed E-state index contributed by atoms with van der Waals surface area (Å²) in [4.78, 5) is 11.7. The molecule has 0 spiro atoms. The summed E-state index contributed by atoms with van der Waals surface area (Å²) >= 11 is 0. The lowest BCUT2D eigenvalue weighted by Gasteiger charge is -2.14. The molecule has 0 aliphatic carbocycles. The van der Waals surface area contributed by atoms with E-state index >= 15 is 0 Å². The van der Waals surface area contributed by atoms with E-state index in [1.807, 2.05) is 6.07 Å². The molecule has 1 aromatic rings. The number of methoxy groups -OCH3 is 1. The molecule has 5 nitrogen and oxygen atoms in total. The van der Waals surface area contributed by atoms with Crippen molar-refractivity contribution in [3.05, 3.63) is 35.9 Å². The summed E-state index contributed by atoms with van der Waals surface area (Å²) in [6, 6.07) is 8.69. The van der Waals surface area contributed by atoms with Gasteiger partial charge in [0.2, 0.25) is 0 Å². The summed E-state index contributed by atoms with van der Waals surface area (Å²) in [6.45, 7) is 0.0226. The van der Waals surface area contributed by atoms with Crippen LogP contribution >= 0.6 is 0 Å². The number of esters is 1. The van der Waals surface area contributed by atoms with Crippen LogP contribution in [0.25, 0.3) is 0 Å². The van der Waals surface area contributed by atoms with Crippen molar-refractivity contribution in [1.29, 1.82) is 0 Å². The van der Waals surface area contributed by atoms with Crippen LogP contribution in [0.15, 0.2) is 30.3 Å². The van der Waals surface area contributed by atoms with Gasteiger partial charge in [0.25, 0.3) is 0 Å². The topological polar surface area (TPSA) is 65.0 Å². The van der Waals surface area contributed by atoms with Gasteiger partial charge in [0.1, 0.15) is 12.7 Å². The second-order valence-electron chi connectivity index (χ2n) is 4.11. The first-order valence-electron chi connectivity index (χ1n) is 5.79. The average molecular weight is 252 g/mol. The molecule has 0 bridgehead atoms. The standard InChI is InChI=1S/C13H16O5/c1-16-12-7-10(14)11(18-12)8-17-13(15)9-5-3-2-4-6-9/h2-6,10-12,14H,7-8H2,1H3/t10-,11+,12-/m0/s1. The Morgan fingerprint density at radius 1 is 1.44 bits per heavy atom. The van der Waals surface area contributed by atoms with Crippen molar-refractivity contribution < 1.29 is 24.1 Å². The molecule has 1 aliphatic heterocycles. The number of carbonyl (C=O) groups excluding carboxylic acids is 1. The molecule has 5 heteroatoms. The molecule has 0 unspecified atom stereocenters. The van der Waals surface area contributed by atoms with Crippen molar-refractivity contribution >= 4 is 5.97 Å². The van der Waals surface area contributed by atoms with E-state index in [1.165, 1.54) is 7.11 Å². The van der Waals surface area contributed by atoms with Crippen LogP contribution in [0.5, 0.6) is 0 Å². The second kappa shape index (κ2) is 5.95. The van der Waals surface area contributed by atoms with Gasteiger partial charge in [-0.15, -0.1) is 0 Å². The number of hydrogen-bond acceptors (Lipinski definition) is 5. The van der Waals surface area contributed by atoms with Crippen LogP contribution in [0.4, 0.5) is 0 Å². The fourth-order valence-corrected chi connectivity index (χ4v) is 1.81. The maximum absolute atomic E-state index is 11.7. The number of ether oxygens (including phenoxy) is 3. The Labute approximate surface area is 105 Å². The van der Waals surface area contributed by atoms with Gasteiger partial charge in [0.05, 0.1) is 11.7 Å². The maximum atomic E-state index is 11.7. The van der Waals surface area contributed by atoms with Crippen LogP contribution in [0.1, 0.15) is 16.8 Å². The van der Waals surface area contributed by atoms with E-state index in [4.69, 9.17) is 14.2 Å². The zero-order chi connectivity index (χ0) is 13.0. The molecule has 1 heterocycles. The molecule has 1 aromatic carbocycles. The highest BCUT2D eigenvalue weighted by atomic mass is 16.7. The first-order chi connectivity index (χ1) is 8.70. The third-order valence-corrected chi connectivity index (χ3v) is 2.84. The molecule has 1 aliphatic rings. The van der Waals surface area contributed by atoms with Crippen molar-refractivity contribution in [1.82, 2.24) is 0 Å². The van der Waals surface area contributed by atoms with Crippen LogP contribution in [-0.4, -0.2) is 43.3 Å². The van der Waals surface area contributed by atoms with Crippen molar-refractivity contribution in [2.45, 2.75) is 24.9 Å². The average Bonchev–Trinajstić information content (AvgIpc) is 2.77. The molecule has 1 fully saturated rings. The highest BCUT2D eigenvalue weighted by Gasteiger charge is 2.34. The number of benzene rings is 1. The molecule has 1 saturated heterocycles. The van der Waals surface area contributed by atoms with E-state index in [9.17, 15) is 9.90 Å². The van der Waals surface area contributed by atoms with E-state index in [1.54, 1.807) is 24.3 Å². The summed E-state index contributed by atoms with van der Waals surface area (Å²) < 4.78 is 15.4. The van der Waals surface area contributed by atoms with Crippen molar-refractivity contribution in [2.75, 3.05) is 13.7 Å². The van der Waals surface area contributed by atoms with E-state index < -0.39 is 24.5 Å². The minimum atomic E-state index is -0.668. The molecule has 3 atom stereocenters. The minimum absolute atomic E-state index is 0.0226. The quantitative estimate of drug-likeness (QED) is 0.809. The van der Waals surface area contributed by atoms with E-state index in [0.717, 1.165) is 0 Å². The Kier molecular flexibility index (Phi) is 4.30. The number of aliphatic hydroxyl groups is 1. The number of hydrogen-bond donors (Lipinski definition) is 1. The molecule has 2 rings (SSSR count). The van der Waals surface area contributed by atoms with Gasteiger partial charge in [-0.25, -0.2) is 4.79 Å². The zero-order valence-electron chi connectivity index (χ0n) is 10.1. The molecule has 18 heavy (non-hydrogen) atoms. The van der Waals surface area contributed by atoms with Gasteiger partial charge in [0, 0.05) is 13.5 Å². The highest BCUT2D eigenvalue weighted by molar-refractivity contribution is 5.89. The molecule has 1 N–H and O–H groups in total. The predicted octanol–water partition coefficient (Wildman–Crippen LogP) is 0.966. The second-order valence-corrected chi connectivity index (χ2v) is 4.11. The molecule has 0 radical (unpaired) electrons. The van der Waals surface area contributed by atoms with Crippen LogP contribution in [-0.2, 0) is 14.2 Å². The summed E-state index contributed by atoms with van der Waals surface area (Å²) in [7, 11) is 1.51.